The smallest absolute Gasteiger partial charge is 0.234 e. The SMILES string of the molecule is Nc1nc2ccccc2c2c1ncn2CCCNC(=O)CN1CCC(OC(c2ccccc2)c2ccccc2)CC1. The number of hydrogen-bond donors (Lipinski definition) is 2. The van der Waals surface area contributed by atoms with Gasteiger partial charge in [-0.2, -0.15) is 0 Å². The number of nitrogens with two attached hydrogens (primary N) is 1. The van der Waals surface area contributed by atoms with Gasteiger partial charge >= 0.3 is 0 Å². The lowest BCUT2D eigenvalue weighted by Gasteiger charge is -2.34. The number of imidazole rings is 1. The highest BCUT2D eigenvalue weighted by molar-refractivity contribution is 6.06. The fourth-order valence-electron chi connectivity index (χ4n) is 5.71. The maximum absolute atomic E-state index is 12.7. The van der Waals surface area contributed by atoms with Crippen LogP contribution in [0.4, 0.5) is 5.82 Å². The van der Waals surface area contributed by atoms with Crippen LogP contribution in [0.5, 0.6) is 0 Å². The van der Waals surface area contributed by atoms with E-state index in [4.69, 9.17) is 10.5 Å². The molecule has 3 heterocycles. The van der Waals surface area contributed by atoms with Gasteiger partial charge in [0, 0.05) is 31.6 Å². The third-order valence-corrected chi connectivity index (χ3v) is 7.81. The molecule has 1 aliphatic rings. The zero-order valence-corrected chi connectivity index (χ0v) is 23.2. The van der Waals surface area contributed by atoms with Crippen LogP contribution in [0.3, 0.4) is 0 Å². The quantitative estimate of drug-likeness (QED) is 0.240. The summed E-state index contributed by atoms with van der Waals surface area (Å²) < 4.78 is 8.75. The van der Waals surface area contributed by atoms with Crippen LogP contribution in [0.2, 0.25) is 0 Å². The summed E-state index contributed by atoms with van der Waals surface area (Å²) in [5.74, 6) is 0.501. The summed E-state index contributed by atoms with van der Waals surface area (Å²) in [5.41, 5.74) is 11.0. The number of fused-ring (bicyclic) bond motifs is 3. The Morgan fingerprint density at radius 1 is 0.951 bits per heavy atom. The Balaban J connectivity index is 0.971. The normalized spacial score (nSPS) is 14.7. The molecule has 3 aromatic carbocycles. The first-order valence-corrected chi connectivity index (χ1v) is 14.4. The fraction of sp³-hybridized carbons (Fsp3) is 0.303. The van der Waals surface area contributed by atoms with E-state index in [-0.39, 0.29) is 18.1 Å². The summed E-state index contributed by atoms with van der Waals surface area (Å²) in [6, 6.07) is 28.8. The van der Waals surface area contributed by atoms with Crippen molar-refractivity contribution in [3.63, 3.8) is 0 Å². The number of hydrogen-bond acceptors (Lipinski definition) is 6. The van der Waals surface area contributed by atoms with E-state index in [9.17, 15) is 4.79 Å². The van der Waals surface area contributed by atoms with Crippen molar-refractivity contribution in [2.75, 3.05) is 31.9 Å². The molecule has 8 heteroatoms. The van der Waals surface area contributed by atoms with Gasteiger partial charge in [0.2, 0.25) is 5.91 Å². The number of para-hydroxylation sites is 1. The molecule has 0 radical (unpaired) electrons. The summed E-state index contributed by atoms with van der Waals surface area (Å²) in [6.45, 7) is 3.44. The van der Waals surface area contributed by atoms with E-state index >= 15 is 0 Å². The van der Waals surface area contributed by atoms with Crippen LogP contribution in [0, 0.1) is 0 Å². The van der Waals surface area contributed by atoms with Gasteiger partial charge in [-0.3, -0.25) is 9.69 Å². The minimum absolute atomic E-state index is 0.0604. The predicted octanol–water partition coefficient (Wildman–Crippen LogP) is 4.94. The zero-order chi connectivity index (χ0) is 28.0. The zero-order valence-electron chi connectivity index (χ0n) is 23.2. The average Bonchev–Trinajstić information content (AvgIpc) is 3.45. The summed E-state index contributed by atoms with van der Waals surface area (Å²) >= 11 is 0. The Morgan fingerprint density at radius 3 is 2.32 bits per heavy atom. The largest absolute Gasteiger partial charge is 0.382 e. The van der Waals surface area contributed by atoms with Gasteiger partial charge in [-0.25, -0.2) is 9.97 Å². The molecule has 0 saturated carbocycles. The van der Waals surface area contributed by atoms with Crippen molar-refractivity contribution in [1.82, 2.24) is 24.8 Å². The van der Waals surface area contributed by atoms with Crippen LogP contribution < -0.4 is 11.1 Å². The van der Waals surface area contributed by atoms with Crippen LogP contribution >= 0.6 is 0 Å². The molecular formula is C33H36N6O2. The Hall–Kier alpha value is -4.27. The van der Waals surface area contributed by atoms with Gasteiger partial charge in [0.05, 0.1) is 30.0 Å². The van der Waals surface area contributed by atoms with Crippen molar-refractivity contribution >= 4 is 33.7 Å². The first-order valence-electron chi connectivity index (χ1n) is 14.4. The molecule has 0 atom stereocenters. The van der Waals surface area contributed by atoms with Crippen molar-refractivity contribution in [2.45, 2.75) is 38.0 Å². The van der Waals surface area contributed by atoms with Gasteiger partial charge in [0.1, 0.15) is 11.6 Å². The Labute approximate surface area is 240 Å². The van der Waals surface area contributed by atoms with Gasteiger partial charge in [0.25, 0.3) is 0 Å². The molecule has 2 aromatic heterocycles. The molecule has 5 aromatic rings. The number of pyridine rings is 1. The Bertz CT molecular complexity index is 1560. The number of carbonyl (C=O) groups excluding carboxylic acids is 1. The monoisotopic (exact) mass is 548 g/mol. The Morgan fingerprint density at radius 2 is 1.61 bits per heavy atom. The van der Waals surface area contributed by atoms with Crippen molar-refractivity contribution in [3.05, 3.63) is 102 Å². The number of ether oxygens (including phenoxy) is 1. The van der Waals surface area contributed by atoms with E-state index in [0.29, 0.717) is 18.9 Å². The molecular weight excluding hydrogens is 512 g/mol. The molecule has 0 bridgehead atoms. The molecule has 0 spiro atoms. The second-order valence-electron chi connectivity index (χ2n) is 10.7. The standard InChI is InChI=1S/C33H36N6O2/c34-33-30-31(27-14-7-8-15-28(27)37-33)39(23-36-30)19-9-18-35-29(40)22-38-20-16-26(17-21-38)41-32(24-10-3-1-4-11-24)25-12-5-2-6-13-25/h1-8,10-15,23,26,32H,9,16-22H2,(H2,34,37)(H,35,40). The van der Waals surface area contributed by atoms with Gasteiger partial charge < -0.3 is 20.4 Å². The number of rotatable bonds is 10. The highest BCUT2D eigenvalue weighted by Crippen LogP contribution is 2.30. The molecule has 1 saturated heterocycles. The lowest BCUT2D eigenvalue weighted by molar-refractivity contribution is -0.123. The van der Waals surface area contributed by atoms with E-state index in [2.05, 4.69) is 73.3 Å². The van der Waals surface area contributed by atoms with Crippen molar-refractivity contribution in [3.8, 4) is 0 Å². The van der Waals surface area contributed by atoms with Gasteiger partial charge in [-0.05, 0) is 36.5 Å². The number of anilines is 1. The molecule has 210 valence electrons. The summed E-state index contributed by atoms with van der Waals surface area (Å²) in [5, 5.41) is 4.12. The topological polar surface area (TPSA) is 98.3 Å². The number of nitrogens with zero attached hydrogens (tertiary/aromatic N) is 4. The lowest BCUT2D eigenvalue weighted by Crippen LogP contribution is -2.43. The minimum atomic E-state index is -0.0874. The maximum Gasteiger partial charge on any atom is 0.234 e. The first kappa shape index (κ1) is 26.9. The lowest BCUT2D eigenvalue weighted by atomic mass is 10.00. The van der Waals surface area contributed by atoms with Crippen molar-refractivity contribution in [1.29, 1.82) is 0 Å². The molecule has 0 unspecified atom stereocenters. The van der Waals surface area contributed by atoms with E-state index < -0.39 is 0 Å². The van der Waals surface area contributed by atoms with E-state index in [1.807, 2.05) is 42.7 Å². The number of aryl methyl sites for hydroxylation is 1. The molecule has 0 aliphatic carbocycles. The minimum Gasteiger partial charge on any atom is -0.382 e. The van der Waals surface area contributed by atoms with Crippen LogP contribution in [-0.4, -0.2) is 57.6 Å². The molecule has 1 fully saturated rings. The number of amides is 1. The van der Waals surface area contributed by atoms with Crippen LogP contribution in [0.1, 0.15) is 36.5 Å². The van der Waals surface area contributed by atoms with E-state index in [1.165, 1.54) is 0 Å². The number of aromatic nitrogens is 3. The summed E-state index contributed by atoms with van der Waals surface area (Å²) in [4.78, 5) is 23.9. The second-order valence-corrected chi connectivity index (χ2v) is 10.7. The third kappa shape index (κ3) is 6.24. The number of carbonyl (C=O) groups is 1. The van der Waals surface area contributed by atoms with Gasteiger partial charge in [-0.15, -0.1) is 0 Å². The van der Waals surface area contributed by atoms with Gasteiger partial charge in [0.15, 0.2) is 5.82 Å². The Kier molecular flexibility index (Phi) is 8.21. The maximum atomic E-state index is 12.7. The van der Waals surface area contributed by atoms with Crippen LogP contribution in [0.25, 0.3) is 21.9 Å². The molecule has 8 nitrogen and oxygen atoms in total. The van der Waals surface area contributed by atoms with E-state index in [1.54, 1.807) is 0 Å². The van der Waals surface area contributed by atoms with Gasteiger partial charge in [-0.1, -0.05) is 78.9 Å². The molecule has 41 heavy (non-hydrogen) atoms. The fourth-order valence-corrected chi connectivity index (χ4v) is 5.71. The number of nitrogens with one attached hydrogen (secondary N) is 1. The molecule has 3 N–H and O–H groups in total. The second kappa shape index (κ2) is 12.5. The van der Waals surface area contributed by atoms with E-state index in [0.717, 1.165) is 72.0 Å². The predicted molar refractivity (Wildman–Crippen MR) is 162 cm³/mol. The third-order valence-electron chi connectivity index (χ3n) is 7.81. The number of piperidine rings is 1. The van der Waals surface area contributed by atoms with Crippen molar-refractivity contribution in [2.24, 2.45) is 0 Å². The van der Waals surface area contributed by atoms with Crippen LogP contribution in [0.15, 0.2) is 91.3 Å². The summed E-state index contributed by atoms with van der Waals surface area (Å²) in [7, 11) is 0. The van der Waals surface area contributed by atoms with Crippen LogP contribution in [-0.2, 0) is 16.1 Å². The first-order chi connectivity index (χ1) is 20.2. The highest BCUT2D eigenvalue weighted by Gasteiger charge is 2.25. The number of nitrogen functional groups attached to an aromatic ring is 1. The van der Waals surface area contributed by atoms with Crippen molar-refractivity contribution < 1.29 is 9.53 Å². The average molecular weight is 549 g/mol. The molecule has 6 rings (SSSR count). The molecule has 1 amide bonds. The number of benzene rings is 3. The highest BCUT2D eigenvalue weighted by atomic mass is 16.5. The summed E-state index contributed by atoms with van der Waals surface area (Å²) in [6.07, 6.45) is 4.49. The number of likely N-dealkylation sites (tertiary alicyclic amines) is 1. The molecule has 1 aliphatic heterocycles.